The Morgan fingerprint density at radius 2 is 1.06 bits per heavy atom. The van der Waals surface area contributed by atoms with Gasteiger partial charge in [0, 0.05) is 6.42 Å². The van der Waals surface area contributed by atoms with E-state index in [1.54, 1.807) is 0 Å². The fourth-order valence-corrected chi connectivity index (χ4v) is 2.13. The fourth-order valence-electron chi connectivity index (χ4n) is 2.13. The number of rotatable bonds is 13. The van der Waals surface area contributed by atoms with Crippen LogP contribution in [0, 0.1) is 5.21 Å². The molecule has 0 rings (SSSR count). The molecule has 0 heterocycles. The van der Waals surface area contributed by atoms with Gasteiger partial charge in [0.25, 0.3) is 0 Å². The molecule has 0 aliphatic heterocycles. The molecule has 0 N–H and O–H groups in total. The lowest BCUT2D eigenvalue weighted by Crippen LogP contribution is -2.01. The molecule has 102 valence electrons. The molecule has 0 amide bonds. The summed E-state index contributed by atoms with van der Waals surface area (Å²) >= 11 is 0. The lowest BCUT2D eigenvalue weighted by atomic mass is 10.1. The zero-order valence-corrected chi connectivity index (χ0v) is 11.8. The first kappa shape index (κ1) is 16.5. The Bertz CT molecular complexity index is 168. The highest BCUT2D eigenvalue weighted by Crippen LogP contribution is 2.11. The standard InChI is InChI=1S/C15H31NO/c1-3-4-5-6-7-8-9-10-11-12-13-14-15-16(2)17/h2-15H2,1H3. The highest BCUT2D eigenvalue weighted by molar-refractivity contribution is 5.14. The van der Waals surface area contributed by atoms with Crippen LogP contribution in [0.3, 0.4) is 0 Å². The lowest BCUT2D eigenvalue weighted by Gasteiger charge is -2.03. The minimum atomic E-state index is 0.595. The van der Waals surface area contributed by atoms with E-state index in [1.165, 1.54) is 70.6 Å². The molecule has 2 heteroatoms. The normalized spacial score (nSPS) is 10.6. The molecule has 0 aromatic heterocycles. The number of hydrogen-bond acceptors (Lipinski definition) is 1. The van der Waals surface area contributed by atoms with E-state index in [9.17, 15) is 5.21 Å². The van der Waals surface area contributed by atoms with Gasteiger partial charge >= 0.3 is 0 Å². The minimum absolute atomic E-state index is 0.595. The Morgan fingerprint density at radius 3 is 1.41 bits per heavy atom. The molecule has 0 aliphatic rings. The third kappa shape index (κ3) is 15.5. The van der Waals surface area contributed by atoms with Crippen LogP contribution >= 0.6 is 0 Å². The highest BCUT2D eigenvalue weighted by Gasteiger charge is 1.94. The molecule has 0 saturated carbocycles. The molecule has 0 bridgehead atoms. The molecular formula is C15H31NO. The Morgan fingerprint density at radius 1 is 0.706 bits per heavy atom. The maximum Gasteiger partial charge on any atom is 0.152 e. The second-order valence-corrected chi connectivity index (χ2v) is 5.09. The smallest absolute Gasteiger partial charge is 0.152 e. The van der Waals surface area contributed by atoms with E-state index in [4.69, 9.17) is 0 Å². The van der Waals surface area contributed by atoms with Gasteiger partial charge in [0.1, 0.15) is 6.72 Å². The van der Waals surface area contributed by atoms with Crippen LogP contribution in [0.2, 0.25) is 0 Å². The van der Waals surface area contributed by atoms with Gasteiger partial charge in [-0.15, -0.1) is 0 Å². The van der Waals surface area contributed by atoms with Gasteiger partial charge in [0.05, 0.1) is 0 Å². The van der Waals surface area contributed by atoms with Crippen molar-refractivity contribution in [1.29, 1.82) is 0 Å². The van der Waals surface area contributed by atoms with Gasteiger partial charge in [0.2, 0.25) is 0 Å². The zero-order valence-electron chi connectivity index (χ0n) is 11.8. The lowest BCUT2D eigenvalue weighted by molar-refractivity contribution is -0.449. The maximum absolute atomic E-state index is 10.5. The summed E-state index contributed by atoms with van der Waals surface area (Å²) in [6, 6.07) is 0. The molecule has 0 aromatic rings. The zero-order chi connectivity index (χ0) is 12.8. The molecule has 0 spiro atoms. The molecule has 0 saturated heterocycles. The molecule has 0 fully saturated rings. The summed E-state index contributed by atoms with van der Waals surface area (Å²) < 4.78 is 0.788. The predicted molar refractivity (Wildman–Crippen MR) is 76.7 cm³/mol. The summed E-state index contributed by atoms with van der Waals surface area (Å²) in [6.45, 7) is 6.16. The summed E-state index contributed by atoms with van der Waals surface area (Å²) in [7, 11) is 0. The SMILES string of the molecule is C=[N+]([O-])CCCCCCCCCCCCCC. The van der Waals surface area contributed by atoms with Crippen LogP contribution in [0.15, 0.2) is 0 Å². The largest absolute Gasteiger partial charge is 0.624 e. The van der Waals surface area contributed by atoms with Crippen molar-refractivity contribution in [3.8, 4) is 0 Å². The summed E-state index contributed by atoms with van der Waals surface area (Å²) in [4.78, 5) is 0. The molecular weight excluding hydrogens is 210 g/mol. The van der Waals surface area contributed by atoms with E-state index in [-0.39, 0.29) is 0 Å². The Labute approximate surface area is 108 Å². The molecule has 0 aliphatic carbocycles. The Balaban J connectivity index is 2.91. The summed E-state index contributed by atoms with van der Waals surface area (Å²) in [5.41, 5.74) is 0. The first-order valence-corrected chi connectivity index (χ1v) is 7.52. The third-order valence-electron chi connectivity index (χ3n) is 3.26. The van der Waals surface area contributed by atoms with Gasteiger partial charge in [-0.25, -0.2) is 4.74 Å². The quantitative estimate of drug-likeness (QED) is 0.148. The van der Waals surface area contributed by atoms with E-state index >= 15 is 0 Å². The average Bonchev–Trinajstić information content (AvgIpc) is 2.30. The van der Waals surface area contributed by atoms with Crippen LogP contribution in [0.4, 0.5) is 0 Å². The van der Waals surface area contributed by atoms with Crippen LogP contribution in [0.5, 0.6) is 0 Å². The van der Waals surface area contributed by atoms with Gasteiger partial charge in [-0.2, -0.15) is 0 Å². The maximum atomic E-state index is 10.5. The van der Waals surface area contributed by atoms with Crippen molar-refractivity contribution < 1.29 is 4.74 Å². The molecule has 0 atom stereocenters. The van der Waals surface area contributed by atoms with Crippen molar-refractivity contribution in [3.63, 3.8) is 0 Å². The Kier molecular flexibility index (Phi) is 13.1. The van der Waals surface area contributed by atoms with E-state index in [1.807, 2.05) is 0 Å². The van der Waals surface area contributed by atoms with Crippen molar-refractivity contribution in [1.82, 2.24) is 0 Å². The van der Waals surface area contributed by atoms with E-state index in [0.29, 0.717) is 6.54 Å². The van der Waals surface area contributed by atoms with E-state index in [2.05, 4.69) is 13.6 Å². The predicted octanol–water partition coefficient (Wildman–Crippen LogP) is 4.90. The molecule has 2 nitrogen and oxygen atoms in total. The average molecular weight is 241 g/mol. The first-order chi connectivity index (χ1) is 8.27. The summed E-state index contributed by atoms with van der Waals surface area (Å²) in [5.74, 6) is 0. The number of unbranched alkanes of at least 4 members (excludes halogenated alkanes) is 11. The summed E-state index contributed by atoms with van der Waals surface area (Å²) in [5, 5.41) is 10.5. The van der Waals surface area contributed by atoms with E-state index < -0.39 is 0 Å². The van der Waals surface area contributed by atoms with Crippen molar-refractivity contribution in [2.24, 2.45) is 0 Å². The van der Waals surface area contributed by atoms with Crippen molar-refractivity contribution >= 4 is 6.72 Å². The third-order valence-corrected chi connectivity index (χ3v) is 3.26. The molecule has 0 aromatic carbocycles. The van der Waals surface area contributed by atoms with Gasteiger partial charge in [-0.3, -0.25) is 0 Å². The molecule has 17 heavy (non-hydrogen) atoms. The van der Waals surface area contributed by atoms with Gasteiger partial charge < -0.3 is 5.21 Å². The molecule has 0 radical (unpaired) electrons. The van der Waals surface area contributed by atoms with Crippen LogP contribution in [-0.4, -0.2) is 18.0 Å². The Hall–Kier alpha value is -0.530. The van der Waals surface area contributed by atoms with Crippen molar-refractivity contribution in [3.05, 3.63) is 5.21 Å². The van der Waals surface area contributed by atoms with Crippen LogP contribution in [-0.2, 0) is 0 Å². The summed E-state index contributed by atoms with van der Waals surface area (Å²) in [6.07, 6.45) is 16.0. The van der Waals surface area contributed by atoms with Crippen LogP contribution < -0.4 is 0 Å². The monoisotopic (exact) mass is 241 g/mol. The highest BCUT2D eigenvalue weighted by atomic mass is 16.5. The van der Waals surface area contributed by atoms with Gasteiger partial charge in [-0.1, -0.05) is 71.1 Å². The minimum Gasteiger partial charge on any atom is -0.624 e. The second kappa shape index (κ2) is 13.5. The second-order valence-electron chi connectivity index (χ2n) is 5.09. The number of nitrogens with zero attached hydrogens (tertiary/aromatic N) is 1. The van der Waals surface area contributed by atoms with Crippen molar-refractivity contribution in [2.75, 3.05) is 6.54 Å². The first-order valence-electron chi connectivity index (χ1n) is 7.52. The topological polar surface area (TPSA) is 26.1 Å². The molecule has 0 unspecified atom stereocenters. The van der Waals surface area contributed by atoms with Gasteiger partial charge in [-0.05, 0) is 6.42 Å². The van der Waals surface area contributed by atoms with Crippen LogP contribution in [0.25, 0.3) is 0 Å². The van der Waals surface area contributed by atoms with Gasteiger partial charge in [0.15, 0.2) is 6.54 Å². The van der Waals surface area contributed by atoms with E-state index in [0.717, 1.165) is 11.2 Å². The fraction of sp³-hybridized carbons (Fsp3) is 0.933. The van der Waals surface area contributed by atoms with Crippen LogP contribution in [0.1, 0.15) is 84.0 Å². The number of hydrogen-bond donors (Lipinski definition) is 0. The number of hydroxylamine groups is 1. The van der Waals surface area contributed by atoms with Crippen molar-refractivity contribution in [2.45, 2.75) is 84.0 Å².